The molecule has 0 bridgehead atoms. The second-order valence-corrected chi connectivity index (χ2v) is 3.65. The molecule has 1 atom stereocenters. The highest BCUT2D eigenvalue weighted by Crippen LogP contribution is 2.21. The van der Waals surface area contributed by atoms with Gasteiger partial charge < -0.3 is 10.1 Å². The summed E-state index contributed by atoms with van der Waals surface area (Å²) in [5, 5.41) is 2.83. The van der Waals surface area contributed by atoms with E-state index in [1.54, 1.807) is 13.3 Å². The van der Waals surface area contributed by atoms with Gasteiger partial charge in [0, 0.05) is 24.2 Å². The number of amides is 1. The molecule has 1 aliphatic heterocycles. The summed E-state index contributed by atoms with van der Waals surface area (Å²) in [5.74, 6) is 0.834. The summed E-state index contributed by atoms with van der Waals surface area (Å²) < 4.78 is 5.15. The Morgan fingerprint density at radius 3 is 3.20 bits per heavy atom. The van der Waals surface area contributed by atoms with Gasteiger partial charge in [0.15, 0.2) is 0 Å². The SMILES string of the molecule is COc1ncccc1CC1CCNC1=O. The predicted molar refractivity (Wildman–Crippen MR) is 55.6 cm³/mol. The van der Waals surface area contributed by atoms with Crippen molar-refractivity contribution in [1.29, 1.82) is 0 Å². The number of aromatic nitrogens is 1. The minimum atomic E-state index is 0.0723. The van der Waals surface area contributed by atoms with Crippen molar-refractivity contribution in [2.75, 3.05) is 13.7 Å². The van der Waals surface area contributed by atoms with Crippen LogP contribution in [0.3, 0.4) is 0 Å². The fourth-order valence-electron chi connectivity index (χ4n) is 1.87. The number of carbonyl (C=O) groups is 1. The van der Waals surface area contributed by atoms with Crippen molar-refractivity contribution in [3.63, 3.8) is 0 Å². The van der Waals surface area contributed by atoms with Crippen LogP contribution in [0, 0.1) is 5.92 Å². The molecule has 0 aliphatic carbocycles. The largest absolute Gasteiger partial charge is 0.481 e. The van der Waals surface area contributed by atoms with Gasteiger partial charge in [-0.3, -0.25) is 4.79 Å². The maximum absolute atomic E-state index is 11.4. The van der Waals surface area contributed by atoms with Crippen LogP contribution in [0.1, 0.15) is 12.0 Å². The van der Waals surface area contributed by atoms with Gasteiger partial charge in [0.2, 0.25) is 11.8 Å². The number of pyridine rings is 1. The predicted octanol–water partition coefficient (Wildman–Crippen LogP) is 0.769. The molecule has 1 saturated heterocycles. The molecule has 0 aromatic carbocycles. The number of carbonyl (C=O) groups excluding carboxylic acids is 1. The second kappa shape index (κ2) is 4.29. The lowest BCUT2D eigenvalue weighted by Gasteiger charge is -2.09. The number of nitrogens with one attached hydrogen (secondary N) is 1. The van der Waals surface area contributed by atoms with Crippen LogP contribution in [-0.4, -0.2) is 24.5 Å². The summed E-state index contributed by atoms with van der Waals surface area (Å²) in [6, 6.07) is 3.82. The number of methoxy groups -OCH3 is 1. The molecule has 80 valence electrons. The first-order chi connectivity index (χ1) is 7.31. The zero-order chi connectivity index (χ0) is 10.7. The highest BCUT2D eigenvalue weighted by Gasteiger charge is 2.25. The molecule has 1 amide bonds. The molecule has 0 saturated carbocycles. The van der Waals surface area contributed by atoms with Crippen LogP contribution in [0.5, 0.6) is 5.88 Å². The van der Waals surface area contributed by atoms with Gasteiger partial charge in [-0.25, -0.2) is 4.98 Å². The zero-order valence-corrected chi connectivity index (χ0v) is 8.69. The van der Waals surface area contributed by atoms with E-state index in [0.717, 1.165) is 18.5 Å². The average Bonchev–Trinajstić information content (AvgIpc) is 2.65. The summed E-state index contributed by atoms with van der Waals surface area (Å²) in [7, 11) is 1.60. The summed E-state index contributed by atoms with van der Waals surface area (Å²) in [5.41, 5.74) is 1.00. The lowest BCUT2D eigenvalue weighted by Crippen LogP contribution is -2.20. The minimum absolute atomic E-state index is 0.0723. The maximum atomic E-state index is 11.4. The van der Waals surface area contributed by atoms with Crippen molar-refractivity contribution in [2.24, 2.45) is 5.92 Å². The second-order valence-electron chi connectivity index (χ2n) is 3.65. The average molecular weight is 206 g/mol. The maximum Gasteiger partial charge on any atom is 0.223 e. The number of ether oxygens (including phenoxy) is 1. The van der Waals surface area contributed by atoms with Gasteiger partial charge in [-0.1, -0.05) is 6.07 Å². The van der Waals surface area contributed by atoms with E-state index in [9.17, 15) is 4.79 Å². The highest BCUT2D eigenvalue weighted by molar-refractivity contribution is 5.80. The fraction of sp³-hybridized carbons (Fsp3) is 0.455. The Labute approximate surface area is 88.7 Å². The molecule has 1 aliphatic rings. The quantitative estimate of drug-likeness (QED) is 0.794. The molecule has 15 heavy (non-hydrogen) atoms. The van der Waals surface area contributed by atoms with Crippen LogP contribution >= 0.6 is 0 Å². The van der Waals surface area contributed by atoms with Crippen LogP contribution in [0.15, 0.2) is 18.3 Å². The summed E-state index contributed by atoms with van der Waals surface area (Å²) >= 11 is 0. The van der Waals surface area contributed by atoms with Gasteiger partial charge in [0.05, 0.1) is 7.11 Å². The molecule has 1 N–H and O–H groups in total. The Morgan fingerprint density at radius 2 is 2.53 bits per heavy atom. The normalized spacial score (nSPS) is 20.1. The molecule has 1 aromatic rings. The molecule has 1 unspecified atom stereocenters. The van der Waals surface area contributed by atoms with E-state index < -0.39 is 0 Å². The van der Waals surface area contributed by atoms with E-state index in [1.807, 2.05) is 12.1 Å². The van der Waals surface area contributed by atoms with Crippen LogP contribution in [-0.2, 0) is 11.2 Å². The number of hydrogen-bond acceptors (Lipinski definition) is 3. The van der Waals surface area contributed by atoms with E-state index in [0.29, 0.717) is 12.3 Å². The van der Waals surface area contributed by atoms with Gasteiger partial charge >= 0.3 is 0 Å². The fourth-order valence-corrected chi connectivity index (χ4v) is 1.87. The summed E-state index contributed by atoms with van der Waals surface area (Å²) in [4.78, 5) is 15.5. The molecular weight excluding hydrogens is 192 g/mol. The third kappa shape index (κ3) is 2.09. The topological polar surface area (TPSA) is 51.2 Å². The zero-order valence-electron chi connectivity index (χ0n) is 8.69. The standard InChI is InChI=1S/C11H14N2O2/c1-15-11-9(3-2-5-13-11)7-8-4-6-12-10(8)14/h2-3,5,8H,4,6-7H2,1H3,(H,12,14). The van der Waals surface area contributed by atoms with E-state index in [1.165, 1.54) is 0 Å². The van der Waals surface area contributed by atoms with Gasteiger partial charge in [0.25, 0.3) is 0 Å². The molecule has 4 nitrogen and oxygen atoms in total. The van der Waals surface area contributed by atoms with Crippen molar-refractivity contribution in [2.45, 2.75) is 12.8 Å². The molecule has 2 heterocycles. The minimum Gasteiger partial charge on any atom is -0.481 e. The van der Waals surface area contributed by atoms with Crippen LogP contribution in [0.25, 0.3) is 0 Å². The number of rotatable bonds is 3. The van der Waals surface area contributed by atoms with Crippen LogP contribution < -0.4 is 10.1 Å². The van der Waals surface area contributed by atoms with Crippen molar-refractivity contribution < 1.29 is 9.53 Å². The van der Waals surface area contributed by atoms with Gasteiger partial charge in [-0.2, -0.15) is 0 Å². The summed E-state index contributed by atoms with van der Waals surface area (Å²) in [6.07, 6.45) is 3.30. The van der Waals surface area contributed by atoms with Crippen LogP contribution in [0.2, 0.25) is 0 Å². The highest BCUT2D eigenvalue weighted by atomic mass is 16.5. The lowest BCUT2D eigenvalue weighted by atomic mass is 9.99. The molecule has 4 heteroatoms. The van der Waals surface area contributed by atoms with E-state index >= 15 is 0 Å². The molecule has 0 spiro atoms. The Kier molecular flexibility index (Phi) is 2.85. The molecule has 0 radical (unpaired) electrons. The van der Waals surface area contributed by atoms with Gasteiger partial charge in [-0.05, 0) is 18.9 Å². The first kappa shape index (κ1) is 9.96. The Hall–Kier alpha value is -1.58. The van der Waals surface area contributed by atoms with Gasteiger partial charge in [-0.15, -0.1) is 0 Å². The first-order valence-corrected chi connectivity index (χ1v) is 5.07. The van der Waals surface area contributed by atoms with E-state index in [-0.39, 0.29) is 11.8 Å². The third-order valence-corrected chi connectivity index (χ3v) is 2.67. The van der Waals surface area contributed by atoms with Crippen LogP contribution in [0.4, 0.5) is 0 Å². The number of hydrogen-bond donors (Lipinski definition) is 1. The Morgan fingerprint density at radius 1 is 1.67 bits per heavy atom. The monoisotopic (exact) mass is 206 g/mol. The third-order valence-electron chi connectivity index (χ3n) is 2.67. The summed E-state index contributed by atoms with van der Waals surface area (Å²) in [6.45, 7) is 0.784. The van der Waals surface area contributed by atoms with Crippen molar-refractivity contribution >= 4 is 5.91 Å². The number of nitrogens with zero attached hydrogens (tertiary/aromatic N) is 1. The van der Waals surface area contributed by atoms with Crippen molar-refractivity contribution in [1.82, 2.24) is 10.3 Å². The smallest absolute Gasteiger partial charge is 0.223 e. The molecule has 1 aromatic heterocycles. The Bertz CT molecular complexity index is 365. The first-order valence-electron chi connectivity index (χ1n) is 5.07. The van der Waals surface area contributed by atoms with Gasteiger partial charge in [0.1, 0.15) is 0 Å². The van der Waals surface area contributed by atoms with E-state index in [4.69, 9.17) is 4.74 Å². The van der Waals surface area contributed by atoms with Crippen molar-refractivity contribution in [3.8, 4) is 5.88 Å². The molecular formula is C11H14N2O2. The van der Waals surface area contributed by atoms with E-state index in [2.05, 4.69) is 10.3 Å². The molecule has 1 fully saturated rings. The molecule has 2 rings (SSSR count). The van der Waals surface area contributed by atoms with Crippen molar-refractivity contribution in [3.05, 3.63) is 23.9 Å². The lowest BCUT2D eigenvalue weighted by molar-refractivity contribution is -0.122. The Balaban J connectivity index is 2.12.